The van der Waals surface area contributed by atoms with Crippen LogP contribution in [0, 0.1) is 0 Å². The first-order valence-corrected chi connectivity index (χ1v) is 10.5. The van der Waals surface area contributed by atoms with E-state index in [0.29, 0.717) is 0 Å². The van der Waals surface area contributed by atoms with E-state index in [0.717, 1.165) is 6.16 Å². The Morgan fingerprint density at radius 2 is 1.42 bits per heavy atom. The Bertz CT molecular complexity index is 682. The van der Waals surface area contributed by atoms with Crippen LogP contribution < -0.4 is 10.6 Å². The van der Waals surface area contributed by atoms with Crippen LogP contribution in [0.5, 0.6) is 0 Å². The van der Waals surface area contributed by atoms with Crippen molar-refractivity contribution in [3.05, 3.63) is 60.7 Å². The number of methoxy groups -OCH3 is 1. The molecule has 2 aliphatic rings. The summed E-state index contributed by atoms with van der Waals surface area (Å²) >= 11 is 0. The average Bonchev–Trinajstić information content (AvgIpc) is 3.14. The second-order valence-electron chi connectivity index (χ2n) is 7.13. The van der Waals surface area contributed by atoms with Crippen LogP contribution in [0.4, 0.5) is 0 Å². The van der Waals surface area contributed by atoms with Crippen LogP contribution in [0.3, 0.4) is 0 Å². The monoisotopic (exact) mass is 372 g/mol. The van der Waals surface area contributed by atoms with Crippen LogP contribution in [0.1, 0.15) is 13.8 Å². The number of hydrogen-bond acceptors (Lipinski definition) is 4. The summed E-state index contributed by atoms with van der Waals surface area (Å²) in [5.74, 6) is -0.601. The Kier molecular flexibility index (Phi) is 5.13. The van der Waals surface area contributed by atoms with E-state index in [1.165, 1.54) is 10.6 Å². The van der Waals surface area contributed by atoms with E-state index >= 15 is 0 Å². The van der Waals surface area contributed by atoms with E-state index in [9.17, 15) is 0 Å². The highest BCUT2D eigenvalue weighted by Crippen LogP contribution is 2.44. The van der Waals surface area contributed by atoms with Crippen LogP contribution in [0.25, 0.3) is 0 Å². The molecule has 0 bridgehead atoms. The fourth-order valence-electron chi connectivity index (χ4n) is 3.73. The second kappa shape index (κ2) is 7.38. The molecule has 4 atom stereocenters. The zero-order chi connectivity index (χ0) is 18.1. The molecule has 4 nitrogen and oxygen atoms in total. The van der Waals surface area contributed by atoms with Crippen molar-refractivity contribution in [3.8, 4) is 0 Å². The molecule has 2 aromatic carbocycles. The fourth-order valence-corrected chi connectivity index (χ4v) is 6.17. The molecule has 4 rings (SSSR count). The molecule has 0 spiro atoms. The SMILES string of the molecule is COC1OC(CP(c2ccccc2)c2ccccc2)C2OC(C)(C)OC12. The predicted molar refractivity (Wildman–Crippen MR) is 103 cm³/mol. The van der Waals surface area contributed by atoms with Crippen molar-refractivity contribution in [1.29, 1.82) is 0 Å². The van der Waals surface area contributed by atoms with Gasteiger partial charge in [-0.3, -0.25) is 0 Å². The van der Waals surface area contributed by atoms with Gasteiger partial charge in [0, 0.05) is 13.3 Å². The van der Waals surface area contributed by atoms with Crippen LogP contribution in [0.2, 0.25) is 0 Å². The molecular formula is C21H25O4P. The van der Waals surface area contributed by atoms with Crippen LogP contribution >= 0.6 is 7.92 Å². The number of benzene rings is 2. The van der Waals surface area contributed by atoms with Gasteiger partial charge in [-0.05, 0) is 32.4 Å². The normalized spacial score (nSPS) is 29.8. The Morgan fingerprint density at radius 1 is 0.885 bits per heavy atom. The molecule has 0 amide bonds. The van der Waals surface area contributed by atoms with Gasteiger partial charge in [-0.2, -0.15) is 0 Å². The quantitative estimate of drug-likeness (QED) is 0.756. The van der Waals surface area contributed by atoms with Gasteiger partial charge >= 0.3 is 0 Å². The topological polar surface area (TPSA) is 36.9 Å². The molecule has 0 radical (unpaired) electrons. The van der Waals surface area contributed by atoms with Gasteiger partial charge in [0.2, 0.25) is 0 Å². The van der Waals surface area contributed by atoms with Gasteiger partial charge in [-0.25, -0.2) is 0 Å². The molecule has 2 aromatic rings. The largest absolute Gasteiger partial charge is 0.353 e. The highest BCUT2D eigenvalue weighted by atomic mass is 31.1. The number of ether oxygens (including phenoxy) is 4. The minimum absolute atomic E-state index is 0.0572. The first-order chi connectivity index (χ1) is 12.6. The van der Waals surface area contributed by atoms with Crippen molar-refractivity contribution < 1.29 is 18.9 Å². The van der Waals surface area contributed by atoms with Gasteiger partial charge in [-0.1, -0.05) is 60.7 Å². The third kappa shape index (κ3) is 3.58. The van der Waals surface area contributed by atoms with Crippen molar-refractivity contribution in [1.82, 2.24) is 0 Å². The third-order valence-corrected chi connectivity index (χ3v) is 7.41. The lowest BCUT2D eigenvalue weighted by Crippen LogP contribution is -2.33. The maximum absolute atomic E-state index is 6.19. The van der Waals surface area contributed by atoms with E-state index in [2.05, 4.69) is 60.7 Å². The van der Waals surface area contributed by atoms with Crippen LogP contribution in [-0.2, 0) is 18.9 Å². The lowest BCUT2D eigenvalue weighted by atomic mass is 10.2. The molecule has 0 N–H and O–H groups in total. The van der Waals surface area contributed by atoms with Crippen molar-refractivity contribution in [2.24, 2.45) is 0 Å². The third-order valence-electron chi connectivity index (χ3n) is 4.84. The van der Waals surface area contributed by atoms with Gasteiger partial charge in [0.05, 0.1) is 6.10 Å². The van der Waals surface area contributed by atoms with E-state index in [4.69, 9.17) is 18.9 Å². The summed E-state index contributed by atoms with van der Waals surface area (Å²) in [6.45, 7) is 3.90. The highest BCUT2D eigenvalue weighted by Gasteiger charge is 2.55. The molecule has 26 heavy (non-hydrogen) atoms. The lowest BCUT2D eigenvalue weighted by Gasteiger charge is -2.27. The molecular weight excluding hydrogens is 347 g/mol. The van der Waals surface area contributed by atoms with Crippen molar-refractivity contribution in [3.63, 3.8) is 0 Å². The zero-order valence-corrected chi connectivity index (χ0v) is 16.3. The summed E-state index contributed by atoms with van der Waals surface area (Å²) in [6, 6.07) is 21.3. The molecule has 0 saturated carbocycles. The Morgan fingerprint density at radius 3 is 1.96 bits per heavy atom. The molecule has 2 saturated heterocycles. The number of fused-ring (bicyclic) bond motifs is 1. The molecule has 2 heterocycles. The summed E-state index contributed by atoms with van der Waals surface area (Å²) in [5.41, 5.74) is 0. The lowest BCUT2D eigenvalue weighted by molar-refractivity contribution is -0.224. The number of hydrogen-bond donors (Lipinski definition) is 0. The summed E-state index contributed by atoms with van der Waals surface area (Å²) < 4.78 is 23.9. The standard InChI is InChI=1S/C21H25O4P/c1-21(2)24-18-17(23-20(22-3)19(18)25-21)14-26(15-10-6-4-7-11-15)16-12-8-5-9-13-16/h4-13,17-20H,14H2,1-3H3. The van der Waals surface area contributed by atoms with Gasteiger partial charge in [0.25, 0.3) is 0 Å². The molecule has 0 aliphatic carbocycles. The smallest absolute Gasteiger partial charge is 0.186 e. The molecule has 4 unspecified atom stereocenters. The molecule has 2 fully saturated rings. The summed E-state index contributed by atoms with van der Waals surface area (Å²) in [5, 5.41) is 2.68. The van der Waals surface area contributed by atoms with Gasteiger partial charge in [0.1, 0.15) is 12.2 Å². The van der Waals surface area contributed by atoms with Gasteiger partial charge in [0.15, 0.2) is 12.1 Å². The van der Waals surface area contributed by atoms with Crippen molar-refractivity contribution >= 4 is 18.5 Å². The molecule has 0 aromatic heterocycles. The Balaban J connectivity index is 1.62. The molecule has 138 valence electrons. The van der Waals surface area contributed by atoms with E-state index in [-0.39, 0.29) is 24.6 Å². The summed E-state index contributed by atoms with van der Waals surface area (Å²) in [7, 11) is 1.11. The van der Waals surface area contributed by atoms with E-state index in [1.807, 2.05) is 13.8 Å². The van der Waals surface area contributed by atoms with E-state index in [1.54, 1.807) is 7.11 Å². The molecule has 5 heteroatoms. The predicted octanol–water partition coefficient (Wildman–Crippen LogP) is 3.01. The first-order valence-electron chi connectivity index (χ1n) is 8.99. The second-order valence-corrected chi connectivity index (χ2v) is 9.38. The van der Waals surface area contributed by atoms with Gasteiger partial charge < -0.3 is 18.9 Å². The highest BCUT2D eigenvalue weighted by molar-refractivity contribution is 7.73. The molecule has 2 aliphatic heterocycles. The first kappa shape index (κ1) is 18.1. The Hall–Kier alpha value is -1.29. The van der Waals surface area contributed by atoms with Gasteiger partial charge in [-0.15, -0.1) is 0 Å². The van der Waals surface area contributed by atoms with Crippen molar-refractivity contribution in [2.75, 3.05) is 13.3 Å². The number of rotatable bonds is 5. The minimum Gasteiger partial charge on any atom is -0.353 e. The summed E-state index contributed by atoms with van der Waals surface area (Å²) in [4.78, 5) is 0. The van der Waals surface area contributed by atoms with Crippen molar-refractivity contribution in [2.45, 2.75) is 44.2 Å². The fraction of sp³-hybridized carbons (Fsp3) is 0.429. The maximum atomic E-state index is 6.19. The Labute approximate surface area is 156 Å². The zero-order valence-electron chi connectivity index (χ0n) is 15.4. The summed E-state index contributed by atoms with van der Waals surface area (Å²) in [6.07, 6.45) is 0.160. The average molecular weight is 372 g/mol. The van der Waals surface area contributed by atoms with E-state index < -0.39 is 13.7 Å². The van der Waals surface area contributed by atoms with Crippen LogP contribution in [-0.4, -0.2) is 43.7 Å². The maximum Gasteiger partial charge on any atom is 0.186 e. The minimum atomic E-state index is -0.601. The van der Waals surface area contributed by atoms with Crippen LogP contribution in [0.15, 0.2) is 60.7 Å².